The summed E-state index contributed by atoms with van der Waals surface area (Å²) < 4.78 is 30.4. The summed E-state index contributed by atoms with van der Waals surface area (Å²) in [7, 11) is 0. The van der Waals surface area contributed by atoms with Crippen molar-refractivity contribution in [2.45, 2.75) is 13.0 Å². The number of carbonyl (C=O) groups is 1. The van der Waals surface area contributed by atoms with E-state index in [1.165, 1.54) is 12.1 Å². The van der Waals surface area contributed by atoms with Crippen molar-refractivity contribution in [2.75, 3.05) is 31.2 Å². The topological polar surface area (TPSA) is 54.5 Å². The van der Waals surface area contributed by atoms with Gasteiger partial charge in [-0.05, 0) is 17.7 Å². The Labute approximate surface area is 144 Å². The molecule has 0 spiro atoms. The smallest absolute Gasteiger partial charge is 0.270 e. The maximum Gasteiger partial charge on any atom is 0.270 e. The molecule has 25 heavy (non-hydrogen) atoms. The lowest BCUT2D eigenvalue weighted by atomic mass is 10.1. The average molecular weight is 347 g/mol. The molecule has 1 aromatic carbocycles. The molecule has 0 unspecified atom stereocenters. The highest BCUT2D eigenvalue weighted by atomic mass is 19.3. The number of hydrogen-bond donors (Lipinski definition) is 1. The summed E-state index contributed by atoms with van der Waals surface area (Å²) in [5.74, 6) is -0.298. The Hall–Kier alpha value is -2.54. The molecule has 1 N–H and O–H groups in total. The van der Waals surface area contributed by atoms with Crippen LogP contribution in [0.15, 0.2) is 42.6 Å². The van der Waals surface area contributed by atoms with Crippen LogP contribution in [0.3, 0.4) is 0 Å². The van der Waals surface area contributed by atoms with Crippen molar-refractivity contribution >= 4 is 11.6 Å². The summed E-state index contributed by atoms with van der Waals surface area (Å²) in [5.41, 5.74) is 1.98. The number of nitrogens with zero attached hydrogens (tertiary/aromatic N) is 2. The number of aromatic nitrogens is 1. The molecule has 2 aromatic rings. The summed E-state index contributed by atoms with van der Waals surface area (Å²) >= 11 is 0. The quantitative estimate of drug-likeness (QED) is 0.904. The first-order valence-electron chi connectivity index (χ1n) is 8.07. The number of amides is 1. The van der Waals surface area contributed by atoms with E-state index in [0.29, 0.717) is 18.9 Å². The highest BCUT2D eigenvalue weighted by molar-refractivity contribution is 5.93. The minimum absolute atomic E-state index is 0.0324. The van der Waals surface area contributed by atoms with Gasteiger partial charge in [-0.25, -0.2) is 8.78 Å². The van der Waals surface area contributed by atoms with Crippen molar-refractivity contribution in [3.8, 4) is 0 Å². The Balaban J connectivity index is 1.61. The third-order valence-electron chi connectivity index (χ3n) is 4.04. The Morgan fingerprint density at radius 3 is 2.60 bits per heavy atom. The summed E-state index contributed by atoms with van der Waals surface area (Å²) in [5, 5.41) is 2.76. The van der Waals surface area contributed by atoms with Crippen LogP contribution in [-0.4, -0.2) is 37.2 Å². The molecule has 3 rings (SSSR count). The number of hydrogen-bond acceptors (Lipinski definition) is 4. The number of nitrogens with one attached hydrogen (secondary N) is 1. The Morgan fingerprint density at radius 2 is 1.92 bits per heavy atom. The van der Waals surface area contributed by atoms with Crippen LogP contribution in [0.2, 0.25) is 0 Å². The molecule has 1 fully saturated rings. The third kappa shape index (κ3) is 4.51. The molecule has 5 nitrogen and oxygen atoms in total. The number of rotatable bonds is 5. The molecule has 1 aliphatic rings. The molecule has 1 amide bonds. The zero-order valence-corrected chi connectivity index (χ0v) is 13.6. The SMILES string of the molecule is O=C(NCc1ccc(C(F)F)cc1)c1cc(N2CCOCC2)ccn1. The highest BCUT2D eigenvalue weighted by Gasteiger charge is 2.14. The van der Waals surface area contributed by atoms with Gasteiger partial charge in [0, 0.05) is 37.1 Å². The van der Waals surface area contributed by atoms with Crippen LogP contribution in [0.4, 0.5) is 14.5 Å². The molecule has 0 radical (unpaired) electrons. The van der Waals surface area contributed by atoms with Gasteiger partial charge in [-0.1, -0.05) is 24.3 Å². The van der Waals surface area contributed by atoms with E-state index in [1.807, 2.05) is 6.07 Å². The minimum atomic E-state index is -2.49. The molecular formula is C18H19F2N3O2. The number of anilines is 1. The van der Waals surface area contributed by atoms with E-state index in [1.54, 1.807) is 24.4 Å². The molecule has 1 aliphatic heterocycles. The first kappa shape index (κ1) is 17.3. The van der Waals surface area contributed by atoms with Crippen molar-refractivity contribution < 1.29 is 18.3 Å². The number of pyridine rings is 1. The average Bonchev–Trinajstić information content (AvgIpc) is 2.67. The third-order valence-corrected chi connectivity index (χ3v) is 4.04. The number of carbonyl (C=O) groups excluding carboxylic acids is 1. The molecule has 0 aliphatic carbocycles. The lowest BCUT2D eigenvalue weighted by Gasteiger charge is -2.28. The highest BCUT2D eigenvalue weighted by Crippen LogP contribution is 2.19. The molecule has 7 heteroatoms. The maximum atomic E-state index is 12.5. The Bertz CT molecular complexity index is 717. The van der Waals surface area contributed by atoms with Gasteiger partial charge in [0.05, 0.1) is 13.2 Å². The van der Waals surface area contributed by atoms with Crippen LogP contribution < -0.4 is 10.2 Å². The summed E-state index contributed by atoms with van der Waals surface area (Å²) in [6.45, 7) is 3.14. The lowest BCUT2D eigenvalue weighted by molar-refractivity contribution is 0.0945. The summed E-state index contributed by atoms with van der Waals surface area (Å²) in [4.78, 5) is 18.5. The number of halogens is 2. The van der Waals surface area contributed by atoms with Crippen LogP contribution in [0.1, 0.15) is 28.0 Å². The van der Waals surface area contributed by atoms with Gasteiger partial charge in [0.2, 0.25) is 0 Å². The normalized spacial score (nSPS) is 14.6. The van der Waals surface area contributed by atoms with Crippen molar-refractivity contribution in [3.63, 3.8) is 0 Å². The first-order chi connectivity index (χ1) is 12.1. The second kappa shape index (κ2) is 8.02. The van der Waals surface area contributed by atoms with Crippen LogP contribution in [-0.2, 0) is 11.3 Å². The number of ether oxygens (including phenoxy) is 1. The van der Waals surface area contributed by atoms with E-state index in [9.17, 15) is 13.6 Å². The molecule has 1 aromatic heterocycles. The van der Waals surface area contributed by atoms with Gasteiger partial charge >= 0.3 is 0 Å². The van der Waals surface area contributed by atoms with E-state index in [-0.39, 0.29) is 18.0 Å². The van der Waals surface area contributed by atoms with Crippen LogP contribution in [0.5, 0.6) is 0 Å². The predicted octanol–water partition coefficient (Wildman–Crippen LogP) is 2.79. The molecule has 0 bridgehead atoms. The molecule has 0 saturated carbocycles. The predicted molar refractivity (Wildman–Crippen MR) is 89.8 cm³/mol. The fourth-order valence-corrected chi connectivity index (χ4v) is 2.62. The minimum Gasteiger partial charge on any atom is -0.378 e. The Morgan fingerprint density at radius 1 is 1.20 bits per heavy atom. The lowest BCUT2D eigenvalue weighted by Crippen LogP contribution is -2.36. The zero-order chi connectivity index (χ0) is 17.6. The van der Waals surface area contributed by atoms with E-state index in [2.05, 4.69) is 15.2 Å². The molecule has 1 saturated heterocycles. The van der Waals surface area contributed by atoms with Gasteiger partial charge in [0.15, 0.2) is 0 Å². The second-order valence-corrected chi connectivity index (χ2v) is 5.72. The van der Waals surface area contributed by atoms with E-state index in [0.717, 1.165) is 24.3 Å². The van der Waals surface area contributed by atoms with Gasteiger partial charge < -0.3 is 15.0 Å². The van der Waals surface area contributed by atoms with Gasteiger partial charge in [-0.3, -0.25) is 9.78 Å². The van der Waals surface area contributed by atoms with Crippen LogP contribution in [0, 0.1) is 0 Å². The molecule has 2 heterocycles. The number of alkyl halides is 2. The van der Waals surface area contributed by atoms with E-state index < -0.39 is 6.43 Å². The van der Waals surface area contributed by atoms with Crippen LogP contribution >= 0.6 is 0 Å². The fraction of sp³-hybridized carbons (Fsp3) is 0.333. The second-order valence-electron chi connectivity index (χ2n) is 5.72. The van der Waals surface area contributed by atoms with Crippen LogP contribution in [0.25, 0.3) is 0 Å². The monoisotopic (exact) mass is 347 g/mol. The van der Waals surface area contributed by atoms with Crippen molar-refractivity contribution in [2.24, 2.45) is 0 Å². The molecule has 0 atom stereocenters. The first-order valence-corrected chi connectivity index (χ1v) is 8.07. The van der Waals surface area contributed by atoms with Gasteiger partial charge in [-0.2, -0.15) is 0 Å². The summed E-state index contributed by atoms with van der Waals surface area (Å²) in [6.07, 6.45) is -0.882. The van der Waals surface area contributed by atoms with Gasteiger partial charge in [0.1, 0.15) is 5.69 Å². The van der Waals surface area contributed by atoms with Gasteiger partial charge in [-0.15, -0.1) is 0 Å². The molecule has 132 valence electrons. The van der Waals surface area contributed by atoms with Crippen molar-refractivity contribution in [1.82, 2.24) is 10.3 Å². The summed E-state index contributed by atoms with van der Waals surface area (Å²) in [6, 6.07) is 9.51. The van der Waals surface area contributed by atoms with Crippen molar-refractivity contribution in [3.05, 3.63) is 59.4 Å². The number of benzene rings is 1. The Kier molecular flexibility index (Phi) is 5.55. The zero-order valence-electron chi connectivity index (χ0n) is 13.6. The van der Waals surface area contributed by atoms with E-state index in [4.69, 9.17) is 4.74 Å². The van der Waals surface area contributed by atoms with Gasteiger partial charge in [0.25, 0.3) is 12.3 Å². The number of morpholine rings is 1. The standard InChI is InChI=1S/C18H19F2N3O2/c19-17(20)14-3-1-13(2-4-14)12-22-18(24)16-11-15(5-6-21-16)23-7-9-25-10-8-23/h1-6,11,17H,7-10,12H2,(H,22,24). The van der Waals surface area contributed by atoms with Crippen molar-refractivity contribution in [1.29, 1.82) is 0 Å². The maximum absolute atomic E-state index is 12.5. The van der Waals surface area contributed by atoms with E-state index >= 15 is 0 Å². The fourth-order valence-electron chi connectivity index (χ4n) is 2.62. The molecular weight excluding hydrogens is 328 g/mol. The largest absolute Gasteiger partial charge is 0.378 e.